The normalized spacial score (nSPS) is 15.8. The third-order valence-electron chi connectivity index (χ3n) is 13.5. The molecule has 16 heteroatoms. The SMILES string of the molecule is COCc1nc(-c2cc(C(=O)N3CCC(c4ccc(C#N)cc4)CC3)c(C3CC3)cc2C)n[nH]1.COCc1nc(-c2cc(C(=O)O)c(C3CC3)cc2C)n[nH]1.Cl.N#Cc1ccc(C2CCNCC2)cc1. The molecule has 2 aliphatic heterocycles. The number of carbonyl (C=O) groups excluding carboxylic acids is 1. The number of hydrogen-bond acceptors (Lipinski definition) is 11. The van der Waals surface area contributed by atoms with E-state index in [2.05, 4.69) is 72.9 Å². The molecule has 4 N–H and O–H groups in total. The summed E-state index contributed by atoms with van der Waals surface area (Å²) in [7, 11) is 3.21. The Labute approximate surface area is 415 Å². The van der Waals surface area contributed by atoms with Crippen LogP contribution < -0.4 is 5.32 Å². The van der Waals surface area contributed by atoms with Gasteiger partial charge < -0.3 is 24.8 Å². The van der Waals surface area contributed by atoms with Crippen molar-refractivity contribution in [2.24, 2.45) is 0 Å². The highest BCUT2D eigenvalue weighted by Gasteiger charge is 2.33. The van der Waals surface area contributed by atoms with Gasteiger partial charge in [-0.15, -0.1) is 12.4 Å². The molecule has 4 aromatic carbocycles. The number of hydrogen-bond donors (Lipinski definition) is 4. The van der Waals surface area contributed by atoms with Gasteiger partial charge in [0.25, 0.3) is 5.91 Å². The molecular formula is C54H61ClN10O5. The Balaban J connectivity index is 0.000000170. The average Bonchev–Trinajstić information content (AvgIpc) is 4.32. The van der Waals surface area contributed by atoms with E-state index < -0.39 is 5.97 Å². The summed E-state index contributed by atoms with van der Waals surface area (Å²) in [6.07, 6.45) is 8.69. The van der Waals surface area contributed by atoms with Gasteiger partial charge in [-0.05, 0) is 172 Å². The maximum Gasteiger partial charge on any atom is 0.335 e. The van der Waals surface area contributed by atoms with Gasteiger partial charge >= 0.3 is 5.97 Å². The Morgan fingerprint density at radius 2 is 1.07 bits per heavy atom. The van der Waals surface area contributed by atoms with E-state index >= 15 is 0 Å². The van der Waals surface area contributed by atoms with Gasteiger partial charge in [0, 0.05) is 44.0 Å². The van der Waals surface area contributed by atoms with E-state index in [4.69, 9.17) is 20.0 Å². The fraction of sp³-hybridized carbons (Fsp3) is 0.407. The number of amides is 1. The molecule has 0 bridgehead atoms. The minimum Gasteiger partial charge on any atom is -0.478 e. The summed E-state index contributed by atoms with van der Waals surface area (Å²) >= 11 is 0. The molecule has 2 aliphatic carbocycles. The minimum atomic E-state index is -0.897. The number of halogens is 1. The van der Waals surface area contributed by atoms with Gasteiger partial charge in [0.05, 0.1) is 28.8 Å². The number of carboxylic acid groups (broad SMARTS) is 1. The molecule has 4 heterocycles. The van der Waals surface area contributed by atoms with Crippen LogP contribution in [0.1, 0.15) is 152 Å². The molecule has 15 nitrogen and oxygen atoms in total. The van der Waals surface area contributed by atoms with Crippen molar-refractivity contribution in [3.63, 3.8) is 0 Å². The molecular weight excluding hydrogens is 904 g/mol. The van der Waals surface area contributed by atoms with E-state index in [-0.39, 0.29) is 18.3 Å². The number of piperidine rings is 2. The van der Waals surface area contributed by atoms with Crippen LogP contribution in [0.25, 0.3) is 22.8 Å². The van der Waals surface area contributed by atoms with Gasteiger partial charge in [0.2, 0.25) is 0 Å². The topological polar surface area (TPSA) is 219 Å². The lowest BCUT2D eigenvalue weighted by Gasteiger charge is -2.33. The molecule has 70 heavy (non-hydrogen) atoms. The van der Waals surface area contributed by atoms with Gasteiger partial charge in [-0.3, -0.25) is 15.0 Å². The number of H-pyrrole nitrogens is 2. The van der Waals surface area contributed by atoms with Gasteiger partial charge in [0.15, 0.2) is 23.3 Å². The van der Waals surface area contributed by atoms with Crippen LogP contribution in [0.2, 0.25) is 0 Å². The van der Waals surface area contributed by atoms with Crippen molar-refractivity contribution in [1.29, 1.82) is 10.5 Å². The molecule has 2 aromatic heterocycles. The Morgan fingerprint density at radius 3 is 1.49 bits per heavy atom. The van der Waals surface area contributed by atoms with Crippen LogP contribution in [0.4, 0.5) is 0 Å². The molecule has 4 aliphatic rings. The van der Waals surface area contributed by atoms with Crippen molar-refractivity contribution < 1.29 is 24.2 Å². The first-order valence-electron chi connectivity index (χ1n) is 23.9. The highest BCUT2D eigenvalue weighted by atomic mass is 35.5. The summed E-state index contributed by atoms with van der Waals surface area (Å²) < 4.78 is 10.2. The predicted molar refractivity (Wildman–Crippen MR) is 268 cm³/mol. The van der Waals surface area contributed by atoms with Crippen LogP contribution in [0.5, 0.6) is 0 Å². The first-order valence-corrected chi connectivity index (χ1v) is 23.9. The number of aromatic nitrogens is 6. The number of nitrogens with zero attached hydrogens (tertiary/aromatic N) is 7. The highest BCUT2D eigenvalue weighted by molar-refractivity contribution is 5.97. The number of likely N-dealkylation sites (tertiary alicyclic amines) is 1. The molecule has 0 atom stereocenters. The molecule has 2 saturated heterocycles. The van der Waals surface area contributed by atoms with Gasteiger partial charge in [-0.1, -0.05) is 36.4 Å². The standard InChI is InChI=1S/C27H29N5O2.C15H17N3O3.C12H14N2.ClH/c1-17-13-23(21-7-8-21)24(14-22(17)26-29-25(16-34-2)30-31-26)27(33)32-11-9-20(10-12-32)19-5-3-18(15-28)4-6-19;1-8-5-11(9-3-4-9)12(15(19)20)6-10(8)14-16-13(7-21-2)17-18-14;13-9-10-1-3-11(4-2-10)12-5-7-14-8-6-12;/h3-6,13-14,20-21H,7-12,16H2,1-2H3,(H,29,30,31);5-6,9H,3-4,7H2,1-2H3,(H,19,20)(H,16,17,18);1-4,12,14H,5-8H2;1H. The third kappa shape index (κ3) is 12.5. The van der Waals surface area contributed by atoms with E-state index in [1.807, 2.05) is 60.4 Å². The average molecular weight is 966 g/mol. The molecule has 1 amide bonds. The number of nitriles is 2. The maximum absolute atomic E-state index is 13.7. The minimum absolute atomic E-state index is 0. The molecule has 0 spiro atoms. The van der Waals surface area contributed by atoms with Crippen LogP contribution in [0, 0.1) is 36.5 Å². The lowest BCUT2D eigenvalue weighted by molar-refractivity contribution is 0.0691. The van der Waals surface area contributed by atoms with E-state index in [0.717, 1.165) is 109 Å². The summed E-state index contributed by atoms with van der Waals surface area (Å²) in [6, 6.07) is 28.0. The first kappa shape index (κ1) is 51.1. The van der Waals surface area contributed by atoms with Gasteiger partial charge in [0.1, 0.15) is 13.2 Å². The number of ether oxygens (including phenoxy) is 2. The fourth-order valence-electron chi connectivity index (χ4n) is 9.41. The Bertz CT molecular complexity index is 2830. The Kier molecular flexibility index (Phi) is 17.3. The molecule has 6 aromatic rings. The highest BCUT2D eigenvalue weighted by Crippen LogP contribution is 2.45. The maximum atomic E-state index is 13.7. The monoisotopic (exact) mass is 964 g/mol. The smallest absolute Gasteiger partial charge is 0.335 e. The van der Waals surface area contributed by atoms with Crippen LogP contribution in [0.3, 0.4) is 0 Å². The summed E-state index contributed by atoms with van der Waals surface area (Å²) in [5.74, 6) is 3.56. The summed E-state index contributed by atoms with van der Waals surface area (Å²) in [4.78, 5) is 36.1. The van der Waals surface area contributed by atoms with Crippen molar-refractivity contribution in [3.05, 3.63) is 140 Å². The molecule has 4 fully saturated rings. The number of aromatic carboxylic acids is 1. The summed E-state index contributed by atoms with van der Waals surface area (Å²) in [5, 5.41) is 44.7. The number of nitrogens with one attached hydrogen (secondary N) is 3. The van der Waals surface area contributed by atoms with Crippen molar-refractivity contribution >= 4 is 24.3 Å². The first-order chi connectivity index (χ1) is 33.6. The van der Waals surface area contributed by atoms with E-state index in [0.29, 0.717) is 71.3 Å². The second-order valence-electron chi connectivity index (χ2n) is 18.5. The molecule has 364 valence electrons. The Morgan fingerprint density at radius 1 is 0.643 bits per heavy atom. The molecule has 10 rings (SSSR count). The van der Waals surface area contributed by atoms with Crippen LogP contribution in [0.15, 0.2) is 72.8 Å². The predicted octanol–water partition coefficient (Wildman–Crippen LogP) is 9.64. The zero-order valence-electron chi connectivity index (χ0n) is 40.3. The number of aryl methyl sites for hydroxylation is 2. The zero-order chi connectivity index (χ0) is 48.4. The number of carboxylic acids is 1. The largest absolute Gasteiger partial charge is 0.478 e. The number of aromatic amines is 2. The number of rotatable bonds is 12. The lowest BCUT2D eigenvalue weighted by Crippen LogP contribution is -2.38. The summed E-state index contributed by atoms with van der Waals surface area (Å²) in [5.41, 5.74) is 11.0. The van der Waals surface area contributed by atoms with E-state index in [9.17, 15) is 14.7 Å². The second-order valence-corrected chi connectivity index (χ2v) is 18.5. The van der Waals surface area contributed by atoms with Crippen LogP contribution in [-0.2, 0) is 22.7 Å². The number of methoxy groups -OCH3 is 2. The van der Waals surface area contributed by atoms with Gasteiger partial charge in [-0.2, -0.15) is 20.7 Å². The van der Waals surface area contributed by atoms with Crippen LogP contribution >= 0.6 is 12.4 Å². The van der Waals surface area contributed by atoms with Crippen molar-refractivity contribution in [2.75, 3.05) is 40.4 Å². The fourth-order valence-corrected chi connectivity index (χ4v) is 9.41. The summed E-state index contributed by atoms with van der Waals surface area (Å²) in [6.45, 7) is 8.43. The van der Waals surface area contributed by atoms with E-state index in [1.165, 1.54) is 24.0 Å². The van der Waals surface area contributed by atoms with Crippen molar-refractivity contribution in [1.82, 2.24) is 40.6 Å². The van der Waals surface area contributed by atoms with Gasteiger partial charge in [-0.25, -0.2) is 14.8 Å². The molecule has 0 radical (unpaired) electrons. The quantitative estimate of drug-likeness (QED) is 0.0901. The van der Waals surface area contributed by atoms with Crippen molar-refractivity contribution in [3.8, 4) is 34.9 Å². The Hall–Kier alpha value is -6.75. The molecule has 2 saturated carbocycles. The number of carbonyl (C=O) groups is 2. The third-order valence-corrected chi connectivity index (χ3v) is 13.5. The second kappa shape index (κ2) is 23.7. The number of benzene rings is 4. The van der Waals surface area contributed by atoms with E-state index in [1.54, 1.807) is 20.3 Å². The van der Waals surface area contributed by atoms with Crippen LogP contribution in [-0.4, -0.2) is 92.6 Å². The molecule has 0 unspecified atom stereocenters. The lowest BCUT2D eigenvalue weighted by atomic mass is 9.88. The zero-order valence-corrected chi connectivity index (χ0v) is 41.1. The van der Waals surface area contributed by atoms with Crippen molar-refractivity contribution in [2.45, 2.75) is 102 Å².